The van der Waals surface area contributed by atoms with Gasteiger partial charge in [-0.05, 0) is 31.2 Å². The standard InChI is InChI=1S/C18H23ClN2O2/c1-3-11(2)15(20)17-21-18(12-7-4-5-8-13(12)19)10-6-9-14(23-17)16(18)22/h4-5,7-8,11,14-15H,3,6,9-10,20H2,1-2H3/t11?,14?,15-,18?/m0/s1. The minimum Gasteiger partial charge on any atom is -0.468 e. The molecular weight excluding hydrogens is 312 g/mol. The first-order valence-corrected chi connectivity index (χ1v) is 8.68. The number of benzene rings is 1. The predicted molar refractivity (Wildman–Crippen MR) is 91.7 cm³/mol. The summed E-state index contributed by atoms with van der Waals surface area (Å²) in [5, 5.41) is 0.573. The number of fused-ring (bicyclic) bond motifs is 2. The van der Waals surface area contributed by atoms with Crippen molar-refractivity contribution in [2.24, 2.45) is 16.6 Å². The van der Waals surface area contributed by atoms with E-state index in [2.05, 4.69) is 13.8 Å². The van der Waals surface area contributed by atoms with Crippen LogP contribution in [-0.2, 0) is 15.1 Å². The Balaban J connectivity index is 2.11. The van der Waals surface area contributed by atoms with E-state index in [4.69, 9.17) is 27.1 Å². The number of nitrogens with zero attached hydrogens (tertiary/aromatic N) is 1. The van der Waals surface area contributed by atoms with Crippen LogP contribution in [0.2, 0.25) is 5.02 Å². The molecule has 0 saturated heterocycles. The van der Waals surface area contributed by atoms with E-state index in [9.17, 15) is 4.79 Å². The van der Waals surface area contributed by atoms with Gasteiger partial charge in [-0.25, -0.2) is 4.99 Å². The second kappa shape index (κ2) is 6.25. The van der Waals surface area contributed by atoms with Crippen molar-refractivity contribution < 1.29 is 9.53 Å². The molecule has 1 saturated carbocycles. The van der Waals surface area contributed by atoms with Crippen molar-refractivity contribution in [3.63, 3.8) is 0 Å². The average molecular weight is 335 g/mol. The number of hydrogen-bond donors (Lipinski definition) is 1. The third-order valence-corrected chi connectivity index (χ3v) is 5.46. The summed E-state index contributed by atoms with van der Waals surface area (Å²) < 4.78 is 5.87. The number of halogens is 1. The first-order valence-electron chi connectivity index (χ1n) is 8.31. The summed E-state index contributed by atoms with van der Waals surface area (Å²) in [5.41, 5.74) is 6.17. The van der Waals surface area contributed by atoms with Gasteiger partial charge in [0.1, 0.15) is 0 Å². The highest BCUT2D eigenvalue weighted by Crippen LogP contribution is 2.44. The first kappa shape index (κ1) is 16.5. The molecule has 2 N–H and O–H groups in total. The van der Waals surface area contributed by atoms with Crippen LogP contribution in [0.5, 0.6) is 0 Å². The van der Waals surface area contributed by atoms with E-state index >= 15 is 0 Å². The fourth-order valence-corrected chi connectivity index (χ4v) is 3.71. The van der Waals surface area contributed by atoms with Crippen LogP contribution in [0.25, 0.3) is 0 Å². The minimum absolute atomic E-state index is 0.0111. The molecule has 0 aromatic heterocycles. The van der Waals surface area contributed by atoms with Crippen molar-refractivity contribution in [3.8, 4) is 0 Å². The SMILES string of the molecule is CCC(C)[C@H](N)C1=NC2(c3ccccc3Cl)CCCC(O1)C2=O. The zero-order valence-corrected chi connectivity index (χ0v) is 14.3. The lowest BCUT2D eigenvalue weighted by Crippen LogP contribution is -2.55. The fourth-order valence-electron chi connectivity index (χ4n) is 3.42. The van der Waals surface area contributed by atoms with Gasteiger partial charge >= 0.3 is 0 Å². The zero-order chi connectivity index (χ0) is 16.6. The molecule has 0 radical (unpaired) electrons. The van der Waals surface area contributed by atoms with Crippen molar-refractivity contribution in [1.29, 1.82) is 0 Å². The zero-order valence-electron chi connectivity index (χ0n) is 13.6. The van der Waals surface area contributed by atoms with Crippen LogP contribution in [0, 0.1) is 5.92 Å². The molecule has 0 spiro atoms. The summed E-state index contributed by atoms with van der Waals surface area (Å²) >= 11 is 6.39. The van der Waals surface area contributed by atoms with Crippen LogP contribution in [0.3, 0.4) is 0 Å². The highest BCUT2D eigenvalue weighted by atomic mass is 35.5. The molecule has 1 fully saturated rings. The van der Waals surface area contributed by atoms with E-state index in [-0.39, 0.29) is 17.7 Å². The van der Waals surface area contributed by atoms with Gasteiger partial charge in [0.05, 0.1) is 6.04 Å². The van der Waals surface area contributed by atoms with Gasteiger partial charge in [0.25, 0.3) is 0 Å². The van der Waals surface area contributed by atoms with E-state index in [1.807, 2.05) is 24.3 Å². The number of aliphatic imine (C=N–C) groups is 1. The summed E-state index contributed by atoms with van der Waals surface area (Å²) in [6.45, 7) is 4.16. The summed E-state index contributed by atoms with van der Waals surface area (Å²) in [5.74, 6) is 0.756. The van der Waals surface area contributed by atoms with Crippen LogP contribution >= 0.6 is 11.6 Å². The van der Waals surface area contributed by atoms with E-state index in [0.29, 0.717) is 17.3 Å². The van der Waals surface area contributed by atoms with Gasteiger partial charge in [0, 0.05) is 10.6 Å². The Hall–Kier alpha value is -1.39. The topological polar surface area (TPSA) is 64.7 Å². The maximum absolute atomic E-state index is 13.0. The third kappa shape index (κ3) is 2.68. The molecule has 3 rings (SSSR count). The maximum Gasteiger partial charge on any atom is 0.205 e. The highest BCUT2D eigenvalue weighted by Gasteiger charge is 2.52. The summed E-state index contributed by atoms with van der Waals surface area (Å²) in [7, 11) is 0. The molecule has 1 heterocycles. The predicted octanol–water partition coefficient (Wildman–Crippen LogP) is 3.46. The van der Waals surface area contributed by atoms with E-state index < -0.39 is 11.6 Å². The maximum atomic E-state index is 13.0. The molecule has 5 heteroatoms. The quantitative estimate of drug-likeness (QED) is 0.917. The number of nitrogens with two attached hydrogens (primary N) is 1. The molecule has 2 aliphatic rings. The Morgan fingerprint density at radius 1 is 1.48 bits per heavy atom. The molecule has 1 aromatic carbocycles. The molecule has 3 unspecified atom stereocenters. The Labute approximate surface area is 142 Å². The number of carbonyl (C=O) groups is 1. The van der Waals surface area contributed by atoms with Crippen molar-refractivity contribution in [2.45, 2.75) is 57.2 Å². The van der Waals surface area contributed by atoms with Crippen molar-refractivity contribution >= 4 is 23.3 Å². The second-order valence-corrected chi connectivity index (χ2v) is 6.97. The number of rotatable bonds is 4. The van der Waals surface area contributed by atoms with Crippen LogP contribution < -0.4 is 5.73 Å². The largest absolute Gasteiger partial charge is 0.468 e. The second-order valence-electron chi connectivity index (χ2n) is 6.56. The Morgan fingerprint density at radius 3 is 2.91 bits per heavy atom. The normalized spacial score (nSPS) is 29.5. The number of carbonyl (C=O) groups excluding carboxylic acids is 1. The van der Waals surface area contributed by atoms with Gasteiger partial charge in [0.2, 0.25) is 11.7 Å². The lowest BCUT2D eigenvalue weighted by Gasteiger charge is -2.42. The van der Waals surface area contributed by atoms with E-state index in [1.165, 1.54) is 0 Å². The smallest absolute Gasteiger partial charge is 0.205 e. The van der Waals surface area contributed by atoms with Crippen LogP contribution in [0.15, 0.2) is 29.3 Å². The molecule has 124 valence electrons. The highest BCUT2D eigenvalue weighted by molar-refractivity contribution is 6.32. The Morgan fingerprint density at radius 2 is 2.22 bits per heavy atom. The molecule has 1 aliphatic heterocycles. The average Bonchev–Trinajstić information content (AvgIpc) is 2.54. The summed E-state index contributed by atoms with van der Waals surface area (Å²) in [6, 6.07) is 7.16. The number of Topliss-reactive ketones (excluding diaryl/α,β-unsaturated/α-hetero) is 1. The summed E-state index contributed by atoms with van der Waals surface area (Å²) in [4.78, 5) is 17.7. The van der Waals surface area contributed by atoms with Crippen LogP contribution in [-0.4, -0.2) is 23.8 Å². The van der Waals surface area contributed by atoms with Crippen molar-refractivity contribution in [3.05, 3.63) is 34.9 Å². The molecule has 23 heavy (non-hydrogen) atoms. The third-order valence-electron chi connectivity index (χ3n) is 5.13. The monoisotopic (exact) mass is 334 g/mol. The number of ether oxygens (including phenoxy) is 1. The van der Waals surface area contributed by atoms with Gasteiger partial charge in [-0.1, -0.05) is 50.1 Å². The minimum atomic E-state index is -0.931. The molecule has 0 amide bonds. The number of hydrogen-bond acceptors (Lipinski definition) is 4. The molecule has 4 nitrogen and oxygen atoms in total. The van der Waals surface area contributed by atoms with Crippen molar-refractivity contribution in [1.82, 2.24) is 0 Å². The molecule has 1 aliphatic carbocycles. The molecule has 4 atom stereocenters. The van der Waals surface area contributed by atoms with E-state index in [0.717, 1.165) is 24.8 Å². The van der Waals surface area contributed by atoms with Gasteiger partial charge in [-0.3, -0.25) is 4.79 Å². The van der Waals surface area contributed by atoms with Gasteiger partial charge in [-0.2, -0.15) is 0 Å². The van der Waals surface area contributed by atoms with Crippen molar-refractivity contribution in [2.75, 3.05) is 0 Å². The molecule has 1 aromatic rings. The number of ketones is 1. The lowest BCUT2D eigenvalue weighted by molar-refractivity contribution is -0.137. The Bertz CT molecular complexity index is 646. The first-order chi connectivity index (χ1) is 11.0. The van der Waals surface area contributed by atoms with Crippen LogP contribution in [0.4, 0.5) is 0 Å². The van der Waals surface area contributed by atoms with Gasteiger partial charge in [0.15, 0.2) is 11.6 Å². The van der Waals surface area contributed by atoms with Gasteiger partial charge < -0.3 is 10.5 Å². The molecular formula is C18H23ClN2O2. The fraction of sp³-hybridized carbons (Fsp3) is 0.556. The molecule has 2 bridgehead atoms. The van der Waals surface area contributed by atoms with E-state index in [1.54, 1.807) is 0 Å². The Kier molecular flexibility index (Phi) is 4.47. The van der Waals surface area contributed by atoms with Gasteiger partial charge in [-0.15, -0.1) is 0 Å². The summed E-state index contributed by atoms with van der Waals surface area (Å²) in [6.07, 6.45) is 2.74. The lowest BCUT2D eigenvalue weighted by atomic mass is 9.73. The van der Waals surface area contributed by atoms with Crippen LogP contribution in [0.1, 0.15) is 45.1 Å².